The van der Waals surface area contributed by atoms with Gasteiger partial charge in [0.2, 0.25) is 0 Å². The summed E-state index contributed by atoms with van der Waals surface area (Å²) in [5.41, 5.74) is 10.00. The van der Waals surface area contributed by atoms with E-state index in [4.69, 9.17) is 5.73 Å². The minimum atomic E-state index is -0.143. The summed E-state index contributed by atoms with van der Waals surface area (Å²) in [7, 11) is 0. The summed E-state index contributed by atoms with van der Waals surface area (Å²) in [6.07, 6.45) is 0. The summed E-state index contributed by atoms with van der Waals surface area (Å²) in [4.78, 5) is 0. The third-order valence-corrected chi connectivity index (χ3v) is 4.00. The van der Waals surface area contributed by atoms with E-state index in [1.807, 2.05) is 0 Å². The quantitative estimate of drug-likeness (QED) is 0.803. The van der Waals surface area contributed by atoms with Crippen LogP contribution in [0.4, 0.5) is 0 Å². The molecule has 0 radical (unpaired) electrons. The van der Waals surface area contributed by atoms with Gasteiger partial charge in [-0.05, 0) is 36.6 Å². The highest BCUT2D eigenvalue weighted by molar-refractivity contribution is 9.10. The molecule has 0 bridgehead atoms. The Balaban J connectivity index is 2.49. The zero-order valence-corrected chi connectivity index (χ0v) is 10.1. The Morgan fingerprint density at radius 3 is 2.43 bits per heavy atom. The van der Waals surface area contributed by atoms with Crippen molar-refractivity contribution < 1.29 is 0 Å². The molecule has 1 aromatic rings. The van der Waals surface area contributed by atoms with Crippen molar-refractivity contribution in [1.82, 2.24) is 5.32 Å². The van der Waals surface area contributed by atoms with Crippen LogP contribution in [0.2, 0.25) is 0 Å². The smallest absolute Gasteiger partial charge is 0.0665 e. The van der Waals surface area contributed by atoms with Gasteiger partial charge >= 0.3 is 0 Å². The van der Waals surface area contributed by atoms with Crippen molar-refractivity contribution >= 4 is 15.9 Å². The van der Waals surface area contributed by atoms with Gasteiger partial charge < -0.3 is 11.1 Å². The van der Waals surface area contributed by atoms with Crippen molar-refractivity contribution in [1.29, 1.82) is 0 Å². The monoisotopic (exact) mass is 254 g/mol. The molecule has 0 unspecified atom stereocenters. The minimum absolute atomic E-state index is 0.143. The van der Waals surface area contributed by atoms with E-state index in [-0.39, 0.29) is 5.54 Å². The molecule has 3 N–H and O–H groups in total. The fraction of sp³-hybridized carbons (Fsp3) is 0.455. The summed E-state index contributed by atoms with van der Waals surface area (Å²) in [5, 5.41) is 3.22. The molecule has 1 fully saturated rings. The molecular weight excluding hydrogens is 240 g/mol. The van der Waals surface area contributed by atoms with Gasteiger partial charge in [0.1, 0.15) is 0 Å². The standard InChI is InChI=1S/C11H15BrN2/c1-7-8(2)10(12)4-3-9(7)11(13)5-14-6-11/h3-4,14H,5-6,13H2,1-2H3. The average molecular weight is 255 g/mol. The topological polar surface area (TPSA) is 38.0 Å². The van der Waals surface area contributed by atoms with E-state index in [9.17, 15) is 0 Å². The van der Waals surface area contributed by atoms with Crippen LogP contribution in [0, 0.1) is 13.8 Å². The largest absolute Gasteiger partial charge is 0.319 e. The third kappa shape index (κ3) is 1.40. The summed E-state index contributed by atoms with van der Waals surface area (Å²) >= 11 is 3.53. The highest BCUT2D eigenvalue weighted by Gasteiger charge is 2.35. The Morgan fingerprint density at radius 1 is 1.29 bits per heavy atom. The molecule has 1 heterocycles. The fourth-order valence-electron chi connectivity index (χ4n) is 1.91. The van der Waals surface area contributed by atoms with Gasteiger partial charge in [0, 0.05) is 17.6 Å². The van der Waals surface area contributed by atoms with Gasteiger partial charge in [-0.25, -0.2) is 0 Å². The maximum atomic E-state index is 6.27. The van der Waals surface area contributed by atoms with E-state index in [2.05, 4.69) is 47.2 Å². The first-order chi connectivity index (χ1) is 6.54. The van der Waals surface area contributed by atoms with Gasteiger partial charge in [-0.1, -0.05) is 22.0 Å². The van der Waals surface area contributed by atoms with Crippen molar-refractivity contribution in [3.05, 3.63) is 33.3 Å². The molecule has 2 rings (SSSR count). The predicted octanol–water partition coefficient (Wildman–Crippen LogP) is 1.82. The highest BCUT2D eigenvalue weighted by atomic mass is 79.9. The first-order valence-electron chi connectivity index (χ1n) is 4.80. The SMILES string of the molecule is Cc1c(Br)ccc(C2(N)CNC2)c1C. The zero-order valence-electron chi connectivity index (χ0n) is 8.52. The summed E-state index contributed by atoms with van der Waals surface area (Å²) in [6, 6.07) is 4.22. The van der Waals surface area contributed by atoms with Crippen molar-refractivity contribution in [3.8, 4) is 0 Å². The predicted molar refractivity (Wildman–Crippen MR) is 62.4 cm³/mol. The van der Waals surface area contributed by atoms with Gasteiger partial charge in [0.25, 0.3) is 0 Å². The van der Waals surface area contributed by atoms with Crippen molar-refractivity contribution in [2.45, 2.75) is 19.4 Å². The molecule has 0 atom stereocenters. The zero-order chi connectivity index (χ0) is 10.3. The normalized spacial score (nSPS) is 19.1. The van der Waals surface area contributed by atoms with E-state index in [1.54, 1.807) is 0 Å². The molecule has 14 heavy (non-hydrogen) atoms. The Bertz CT molecular complexity index is 370. The van der Waals surface area contributed by atoms with Crippen LogP contribution in [-0.2, 0) is 5.54 Å². The molecule has 0 saturated carbocycles. The molecule has 1 aromatic carbocycles. The second-order valence-electron chi connectivity index (χ2n) is 4.10. The average Bonchev–Trinajstić information content (AvgIpc) is 2.11. The molecule has 0 aliphatic carbocycles. The third-order valence-electron chi connectivity index (χ3n) is 3.14. The molecule has 0 amide bonds. The van der Waals surface area contributed by atoms with E-state index >= 15 is 0 Å². The van der Waals surface area contributed by atoms with Crippen LogP contribution in [0.25, 0.3) is 0 Å². The van der Waals surface area contributed by atoms with Gasteiger partial charge in [-0.15, -0.1) is 0 Å². The molecule has 1 aliphatic heterocycles. The van der Waals surface area contributed by atoms with Crippen molar-refractivity contribution in [3.63, 3.8) is 0 Å². The van der Waals surface area contributed by atoms with E-state index < -0.39 is 0 Å². The van der Waals surface area contributed by atoms with Gasteiger partial charge in [0.15, 0.2) is 0 Å². The lowest BCUT2D eigenvalue weighted by Gasteiger charge is -2.40. The highest BCUT2D eigenvalue weighted by Crippen LogP contribution is 2.30. The second-order valence-corrected chi connectivity index (χ2v) is 4.96. The van der Waals surface area contributed by atoms with Crippen molar-refractivity contribution in [2.75, 3.05) is 13.1 Å². The number of rotatable bonds is 1. The van der Waals surface area contributed by atoms with Crippen LogP contribution in [-0.4, -0.2) is 13.1 Å². The molecule has 76 valence electrons. The first kappa shape index (κ1) is 10.1. The van der Waals surface area contributed by atoms with E-state index in [0.717, 1.165) is 17.6 Å². The lowest BCUT2D eigenvalue weighted by atomic mass is 9.82. The Hall–Kier alpha value is -0.380. The number of nitrogens with one attached hydrogen (secondary N) is 1. The molecule has 2 nitrogen and oxygen atoms in total. The van der Waals surface area contributed by atoms with E-state index in [0.29, 0.717) is 0 Å². The molecule has 1 aliphatic rings. The maximum absolute atomic E-state index is 6.27. The fourth-order valence-corrected chi connectivity index (χ4v) is 2.34. The maximum Gasteiger partial charge on any atom is 0.0665 e. The Morgan fingerprint density at radius 2 is 1.93 bits per heavy atom. The van der Waals surface area contributed by atoms with Gasteiger partial charge in [0.05, 0.1) is 5.54 Å². The second kappa shape index (κ2) is 3.33. The molecule has 1 saturated heterocycles. The summed E-state index contributed by atoms with van der Waals surface area (Å²) < 4.78 is 1.16. The number of nitrogens with two attached hydrogens (primary N) is 1. The van der Waals surface area contributed by atoms with Crippen LogP contribution < -0.4 is 11.1 Å². The molecule has 0 spiro atoms. The summed E-state index contributed by atoms with van der Waals surface area (Å²) in [6.45, 7) is 6.03. The van der Waals surface area contributed by atoms with Gasteiger partial charge in [-0.2, -0.15) is 0 Å². The van der Waals surface area contributed by atoms with Gasteiger partial charge in [-0.3, -0.25) is 0 Å². The van der Waals surface area contributed by atoms with Crippen LogP contribution in [0.5, 0.6) is 0 Å². The molecule has 3 heteroatoms. The van der Waals surface area contributed by atoms with Crippen LogP contribution >= 0.6 is 15.9 Å². The lowest BCUT2D eigenvalue weighted by Crippen LogP contribution is -2.63. The Kier molecular flexibility index (Phi) is 2.41. The number of benzene rings is 1. The molecular formula is C11H15BrN2. The minimum Gasteiger partial charge on any atom is -0.319 e. The Labute approximate surface area is 93.0 Å². The van der Waals surface area contributed by atoms with Crippen molar-refractivity contribution in [2.24, 2.45) is 5.73 Å². The number of hydrogen-bond acceptors (Lipinski definition) is 2. The van der Waals surface area contributed by atoms with Crippen LogP contribution in [0.1, 0.15) is 16.7 Å². The number of halogens is 1. The summed E-state index contributed by atoms with van der Waals surface area (Å²) in [5.74, 6) is 0. The van der Waals surface area contributed by atoms with Crippen LogP contribution in [0.15, 0.2) is 16.6 Å². The first-order valence-corrected chi connectivity index (χ1v) is 5.60. The van der Waals surface area contributed by atoms with E-state index in [1.165, 1.54) is 16.7 Å². The lowest BCUT2D eigenvalue weighted by molar-refractivity contribution is 0.285. The van der Waals surface area contributed by atoms with Crippen LogP contribution in [0.3, 0.4) is 0 Å². The molecule has 0 aromatic heterocycles. The number of hydrogen-bond donors (Lipinski definition) is 2.